The van der Waals surface area contributed by atoms with Crippen LogP contribution in [-0.2, 0) is 16.1 Å². The second-order valence-electron chi connectivity index (χ2n) is 11.2. The Bertz CT molecular complexity index is 1730. The molecule has 3 aromatic heterocycles. The summed E-state index contributed by atoms with van der Waals surface area (Å²) in [6, 6.07) is 11.0. The third-order valence-corrected chi connectivity index (χ3v) is 8.39. The molecule has 3 fully saturated rings. The van der Waals surface area contributed by atoms with Crippen molar-refractivity contribution in [3.05, 3.63) is 77.0 Å². The molecule has 7 rings (SSSR count). The number of hydrogen-bond acceptors (Lipinski definition) is 7. The van der Waals surface area contributed by atoms with Gasteiger partial charge in [0.2, 0.25) is 11.8 Å². The Hall–Kier alpha value is -4.51. The number of pyridine rings is 1. The van der Waals surface area contributed by atoms with Crippen LogP contribution in [0, 0.1) is 5.92 Å². The molecule has 4 aromatic rings. The molecular weight excluding hydrogens is 556 g/mol. The number of imidazole rings is 1. The van der Waals surface area contributed by atoms with Crippen LogP contribution in [0.1, 0.15) is 54.3 Å². The second kappa shape index (κ2) is 10.4. The Morgan fingerprint density at radius 2 is 1.90 bits per heavy atom. The highest BCUT2D eigenvalue weighted by Gasteiger charge is 2.44. The molecule has 11 nitrogen and oxygen atoms in total. The van der Waals surface area contributed by atoms with Gasteiger partial charge in [-0.1, -0.05) is 23.7 Å². The highest BCUT2D eigenvalue weighted by atomic mass is 35.5. The van der Waals surface area contributed by atoms with E-state index in [-0.39, 0.29) is 36.1 Å². The second-order valence-corrected chi connectivity index (χ2v) is 11.6. The zero-order valence-electron chi connectivity index (χ0n) is 23.0. The SMILES string of the molecule is CN1C(=O)CCN(c2cc(C3CC3)cn3cc(CNc4cc(NC(=O)[C@H]5C[C@@H]5c5cccc(Cl)c5)ncn4)nc23)C1=O. The van der Waals surface area contributed by atoms with Gasteiger partial charge in [-0.05, 0) is 60.4 Å². The summed E-state index contributed by atoms with van der Waals surface area (Å²) < 4.78 is 1.96. The molecule has 0 bridgehead atoms. The van der Waals surface area contributed by atoms with Gasteiger partial charge < -0.3 is 15.0 Å². The molecule has 12 heteroatoms. The molecule has 2 aliphatic carbocycles. The summed E-state index contributed by atoms with van der Waals surface area (Å²) in [5.74, 6) is 1.22. The van der Waals surface area contributed by atoms with Crippen LogP contribution >= 0.6 is 11.6 Å². The first-order valence-corrected chi connectivity index (χ1v) is 14.4. The largest absolute Gasteiger partial charge is 0.364 e. The normalized spacial score (nSPS) is 20.2. The van der Waals surface area contributed by atoms with E-state index in [1.165, 1.54) is 18.3 Å². The number of halogens is 1. The van der Waals surface area contributed by atoms with Crippen molar-refractivity contribution in [1.29, 1.82) is 0 Å². The maximum absolute atomic E-state index is 13.0. The fourth-order valence-corrected chi connectivity index (χ4v) is 5.77. The van der Waals surface area contributed by atoms with E-state index in [1.54, 1.807) is 11.0 Å². The summed E-state index contributed by atoms with van der Waals surface area (Å²) in [6.07, 6.45) is 8.70. The lowest BCUT2D eigenvalue weighted by Crippen LogP contribution is -2.50. The van der Waals surface area contributed by atoms with Gasteiger partial charge in [-0.15, -0.1) is 0 Å². The average molecular weight is 585 g/mol. The van der Waals surface area contributed by atoms with Crippen molar-refractivity contribution in [2.45, 2.75) is 44.1 Å². The number of anilines is 3. The highest BCUT2D eigenvalue weighted by Crippen LogP contribution is 2.48. The lowest BCUT2D eigenvalue weighted by Gasteiger charge is -2.32. The van der Waals surface area contributed by atoms with Crippen molar-refractivity contribution in [3.63, 3.8) is 0 Å². The van der Waals surface area contributed by atoms with E-state index in [2.05, 4.69) is 26.8 Å². The predicted octanol–water partition coefficient (Wildman–Crippen LogP) is 4.80. The van der Waals surface area contributed by atoms with Crippen LogP contribution < -0.4 is 15.5 Å². The van der Waals surface area contributed by atoms with Crippen molar-refractivity contribution >= 4 is 52.4 Å². The van der Waals surface area contributed by atoms with Crippen LogP contribution in [0.3, 0.4) is 0 Å². The molecule has 3 aliphatic rings. The minimum atomic E-state index is -0.343. The van der Waals surface area contributed by atoms with Crippen LogP contribution in [0.5, 0.6) is 0 Å². The Kier molecular flexibility index (Phi) is 6.53. The summed E-state index contributed by atoms with van der Waals surface area (Å²) >= 11 is 6.11. The zero-order valence-corrected chi connectivity index (χ0v) is 23.7. The molecule has 1 aliphatic heterocycles. The summed E-state index contributed by atoms with van der Waals surface area (Å²) in [4.78, 5) is 54.1. The first-order valence-electron chi connectivity index (χ1n) is 14.1. The standard InChI is InChI=1S/C30H29ClN8O3/c1-37-27(40)7-8-39(30(37)42)24-10-19(17-5-6-17)14-38-15-21(35-28(24)38)13-32-25-12-26(34-16-33-25)36-29(41)23-11-22(23)18-3-2-4-20(31)9-18/h2-4,9-10,12,14-17,22-23H,5-8,11,13H2,1H3,(H2,32,33,34,36,41)/t22-,23+/m1/s1. The van der Waals surface area contributed by atoms with Crippen molar-refractivity contribution < 1.29 is 14.4 Å². The number of rotatable bonds is 8. The molecule has 4 heterocycles. The number of hydrogen-bond donors (Lipinski definition) is 2. The molecule has 2 atom stereocenters. The average Bonchev–Trinajstić information content (AvgIpc) is 3.91. The minimum absolute atomic E-state index is 0.0800. The van der Waals surface area contributed by atoms with Crippen LogP contribution in [-0.4, -0.2) is 55.7 Å². The van der Waals surface area contributed by atoms with Crippen molar-refractivity contribution in [3.8, 4) is 0 Å². The van der Waals surface area contributed by atoms with Crippen molar-refractivity contribution in [2.24, 2.45) is 5.92 Å². The summed E-state index contributed by atoms with van der Waals surface area (Å²) in [7, 11) is 1.51. The zero-order chi connectivity index (χ0) is 29.0. The van der Waals surface area contributed by atoms with E-state index in [0.717, 1.165) is 36.1 Å². The molecular formula is C30H29ClN8O3. The molecule has 214 valence electrons. The highest BCUT2D eigenvalue weighted by molar-refractivity contribution is 6.30. The third kappa shape index (κ3) is 5.16. The van der Waals surface area contributed by atoms with Gasteiger partial charge in [0, 0.05) is 49.4 Å². The number of nitrogens with zero attached hydrogens (tertiary/aromatic N) is 6. The van der Waals surface area contributed by atoms with E-state index < -0.39 is 0 Å². The van der Waals surface area contributed by atoms with E-state index in [4.69, 9.17) is 16.6 Å². The van der Waals surface area contributed by atoms with Gasteiger partial charge in [-0.2, -0.15) is 0 Å². The van der Waals surface area contributed by atoms with Crippen LogP contribution in [0.4, 0.5) is 22.1 Å². The molecule has 0 radical (unpaired) electrons. The molecule has 2 saturated carbocycles. The van der Waals surface area contributed by atoms with Gasteiger partial charge in [0.25, 0.3) is 0 Å². The molecule has 0 spiro atoms. The molecule has 1 aromatic carbocycles. The summed E-state index contributed by atoms with van der Waals surface area (Å²) in [6.45, 7) is 0.693. The lowest BCUT2D eigenvalue weighted by molar-refractivity contribution is -0.127. The molecule has 4 amide bonds. The number of benzene rings is 1. The monoisotopic (exact) mass is 584 g/mol. The van der Waals surface area contributed by atoms with Crippen molar-refractivity contribution in [2.75, 3.05) is 29.1 Å². The number of fused-ring (bicyclic) bond motifs is 1. The number of urea groups is 1. The van der Waals surface area contributed by atoms with Gasteiger partial charge >= 0.3 is 6.03 Å². The number of carbonyl (C=O) groups excluding carboxylic acids is 3. The maximum atomic E-state index is 13.0. The number of aromatic nitrogens is 4. The quantitative estimate of drug-likeness (QED) is 0.305. The Morgan fingerprint density at radius 3 is 2.71 bits per heavy atom. The third-order valence-electron chi connectivity index (χ3n) is 8.16. The summed E-state index contributed by atoms with van der Waals surface area (Å²) in [5.41, 5.74) is 4.34. The first kappa shape index (κ1) is 26.4. The molecule has 1 saturated heterocycles. The smallest absolute Gasteiger partial charge is 0.331 e. The van der Waals surface area contributed by atoms with E-state index in [0.29, 0.717) is 47.0 Å². The first-order chi connectivity index (χ1) is 20.3. The number of amides is 4. The fraction of sp³-hybridized carbons (Fsp3) is 0.333. The van der Waals surface area contributed by atoms with Crippen LogP contribution in [0.15, 0.2) is 55.1 Å². The fourth-order valence-electron chi connectivity index (χ4n) is 5.57. The molecule has 2 N–H and O–H groups in total. The van der Waals surface area contributed by atoms with Crippen molar-refractivity contribution in [1.82, 2.24) is 24.3 Å². The number of imide groups is 1. The molecule has 0 unspecified atom stereocenters. The Balaban J connectivity index is 1.05. The van der Waals surface area contributed by atoms with Gasteiger partial charge in [-0.3, -0.25) is 19.4 Å². The van der Waals surface area contributed by atoms with E-state index >= 15 is 0 Å². The Morgan fingerprint density at radius 1 is 1.07 bits per heavy atom. The summed E-state index contributed by atoms with van der Waals surface area (Å²) in [5, 5.41) is 6.84. The number of carbonyl (C=O) groups is 3. The predicted molar refractivity (Wildman–Crippen MR) is 158 cm³/mol. The van der Waals surface area contributed by atoms with E-state index in [9.17, 15) is 14.4 Å². The van der Waals surface area contributed by atoms with Crippen LogP contribution in [0.2, 0.25) is 5.02 Å². The Labute approximate surface area is 246 Å². The maximum Gasteiger partial charge on any atom is 0.331 e. The molecule has 42 heavy (non-hydrogen) atoms. The topological polar surface area (TPSA) is 125 Å². The van der Waals surface area contributed by atoms with E-state index in [1.807, 2.05) is 40.9 Å². The van der Waals surface area contributed by atoms with Gasteiger partial charge in [0.1, 0.15) is 18.0 Å². The van der Waals surface area contributed by atoms with Gasteiger partial charge in [0.05, 0.1) is 17.9 Å². The van der Waals surface area contributed by atoms with Gasteiger partial charge in [-0.25, -0.2) is 19.7 Å². The lowest BCUT2D eigenvalue weighted by atomic mass is 10.1. The minimum Gasteiger partial charge on any atom is -0.364 e. The number of nitrogens with one attached hydrogen (secondary N) is 2. The van der Waals surface area contributed by atoms with Crippen LogP contribution in [0.25, 0.3) is 5.65 Å². The van der Waals surface area contributed by atoms with Gasteiger partial charge in [0.15, 0.2) is 5.65 Å².